The van der Waals surface area contributed by atoms with Gasteiger partial charge in [-0.2, -0.15) is 0 Å². The zero-order chi connectivity index (χ0) is 21.9. The van der Waals surface area contributed by atoms with Crippen molar-refractivity contribution in [1.29, 1.82) is 0 Å². The highest BCUT2D eigenvalue weighted by Gasteiger charge is 2.12. The standard InChI is InChI=1S/C23H30N2O5/c1-5-28-20-8-7-18(14-21(20)29-6-2)23(27)25-15-22(26)24-9-10-30-19-12-16(3)11-17(4)13-19/h7-8,11-14H,5-6,9-10,15H2,1-4H3,(H,24,26)(H,25,27). The highest BCUT2D eigenvalue weighted by molar-refractivity contribution is 5.97. The summed E-state index contributed by atoms with van der Waals surface area (Å²) in [4.78, 5) is 24.3. The molecule has 7 nitrogen and oxygen atoms in total. The number of hydrogen-bond acceptors (Lipinski definition) is 5. The summed E-state index contributed by atoms with van der Waals surface area (Å²) in [5, 5.41) is 5.33. The summed E-state index contributed by atoms with van der Waals surface area (Å²) in [5.41, 5.74) is 2.64. The van der Waals surface area contributed by atoms with E-state index in [4.69, 9.17) is 14.2 Å². The van der Waals surface area contributed by atoms with Crippen LogP contribution in [0, 0.1) is 13.8 Å². The van der Waals surface area contributed by atoms with E-state index in [-0.39, 0.29) is 18.4 Å². The van der Waals surface area contributed by atoms with E-state index >= 15 is 0 Å². The Bertz CT molecular complexity index is 846. The number of hydrogen-bond donors (Lipinski definition) is 2. The van der Waals surface area contributed by atoms with Gasteiger partial charge in [-0.1, -0.05) is 6.07 Å². The quantitative estimate of drug-likeness (QED) is 0.552. The van der Waals surface area contributed by atoms with E-state index in [1.165, 1.54) is 0 Å². The van der Waals surface area contributed by atoms with Crippen molar-refractivity contribution in [3.63, 3.8) is 0 Å². The van der Waals surface area contributed by atoms with Gasteiger partial charge in [-0.15, -0.1) is 0 Å². The van der Waals surface area contributed by atoms with Crippen molar-refractivity contribution >= 4 is 11.8 Å². The van der Waals surface area contributed by atoms with Crippen LogP contribution in [-0.4, -0.2) is 44.7 Å². The molecule has 30 heavy (non-hydrogen) atoms. The summed E-state index contributed by atoms with van der Waals surface area (Å²) >= 11 is 0. The third-order valence-electron chi connectivity index (χ3n) is 4.10. The fourth-order valence-electron chi connectivity index (χ4n) is 2.89. The van der Waals surface area contributed by atoms with Crippen molar-refractivity contribution < 1.29 is 23.8 Å². The lowest BCUT2D eigenvalue weighted by atomic mass is 10.1. The zero-order valence-electron chi connectivity index (χ0n) is 18.0. The Morgan fingerprint density at radius 2 is 1.50 bits per heavy atom. The molecule has 162 valence electrons. The first kappa shape index (κ1) is 23.1. The van der Waals surface area contributed by atoms with Crippen LogP contribution in [0.2, 0.25) is 0 Å². The predicted octanol–water partition coefficient (Wildman–Crippen LogP) is 3.03. The van der Waals surface area contributed by atoms with Gasteiger partial charge in [-0.25, -0.2) is 0 Å². The molecule has 2 amide bonds. The van der Waals surface area contributed by atoms with Crippen LogP contribution in [-0.2, 0) is 4.79 Å². The Balaban J connectivity index is 1.77. The first-order chi connectivity index (χ1) is 14.4. The molecule has 0 saturated carbocycles. The normalized spacial score (nSPS) is 10.3. The largest absolute Gasteiger partial charge is 0.492 e. The van der Waals surface area contributed by atoms with Crippen LogP contribution in [0.25, 0.3) is 0 Å². The van der Waals surface area contributed by atoms with E-state index in [2.05, 4.69) is 16.7 Å². The molecule has 0 atom stereocenters. The number of nitrogens with one attached hydrogen (secondary N) is 2. The van der Waals surface area contributed by atoms with E-state index < -0.39 is 0 Å². The molecule has 0 aliphatic rings. The average molecular weight is 415 g/mol. The molecule has 0 heterocycles. The number of carbonyl (C=O) groups is 2. The molecule has 0 aliphatic heterocycles. The minimum atomic E-state index is -0.361. The molecular weight excluding hydrogens is 384 g/mol. The molecule has 0 bridgehead atoms. The fourth-order valence-corrected chi connectivity index (χ4v) is 2.89. The fraction of sp³-hybridized carbons (Fsp3) is 0.391. The topological polar surface area (TPSA) is 85.9 Å². The smallest absolute Gasteiger partial charge is 0.251 e. The summed E-state index contributed by atoms with van der Waals surface area (Å²) in [6, 6.07) is 10.9. The van der Waals surface area contributed by atoms with Gasteiger partial charge < -0.3 is 24.8 Å². The van der Waals surface area contributed by atoms with Gasteiger partial charge in [-0.05, 0) is 69.2 Å². The van der Waals surface area contributed by atoms with Gasteiger partial charge in [0.1, 0.15) is 12.4 Å². The van der Waals surface area contributed by atoms with Crippen LogP contribution in [0.15, 0.2) is 36.4 Å². The molecule has 0 aromatic heterocycles. The van der Waals surface area contributed by atoms with Crippen LogP contribution in [0.3, 0.4) is 0 Å². The minimum absolute atomic E-state index is 0.125. The SMILES string of the molecule is CCOc1ccc(C(=O)NCC(=O)NCCOc2cc(C)cc(C)c2)cc1OCC. The van der Waals surface area contributed by atoms with Crippen LogP contribution < -0.4 is 24.8 Å². The van der Waals surface area contributed by atoms with Crippen LogP contribution in [0.5, 0.6) is 17.2 Å². The molecule has 0 saturated heterocycles. The van der Waals surface area contributed by atoms with Gasteiger partial charge in [0.25, 0.3) is 5.91 Å². The number of carbonyl (C=O) groups excluding carboxylic acids is 2. The monoisotopic (exact) mass is 414 g/mol. The number of amides is 2. The van der Waals surface area contributed by atoms with E-state index in [9.17, 15) is 9.59 Å². The Morgan fingerprint density at radius 3 is 2.17 bits per heavy atom. The average Bonchev–Trinajstić information content (AvgIpc) is 2.70. The second kappa shape index (κ2) is 11.7. The maximum atomic E-state index is 12.3. The Kier molecular flexibility index (Phi) is 9.00. The maximum Gasteiger partial charge on any atom is 0.251 e. The lowest BCUT2D eigenvalue weighted by Crippen LogP contribution is -2.38. The van der Waals surface area contributed by atoms with Crippen molar-refractivity contribution in [2.24, 2.45) is 0 Å². The summed E-state index contributed by atoms with van der Waals surface area (Å²) < 4.78 is 16.7. The molecule has 0 radical (unpaired) electrons. The van der Waals surface area contributed by atoms with Gasteiger partial charge in [0.05, 0.1) is 26.3 Å². The van der Waals surface area contributed by atoms with E-state index in [1.54, 1.807) is 18.2 Å². The van der Waals surface area contributed by atoms with Crippen LogP contribution >= 0.6 is 0 Å². The Morgan fingerprint density at radius 1 is 0.833 bits per heavy atom. The van der Waals surface area contributed by atoms with Gasteiger partial charge >= 0.3 is 0 Å². The van der Waals surface area contributed by atoms with Crippen molar-refractivity contribution in [1.82, 2.24) is 10.6 Å². The van der Waals surface area contributed by atoms with Crippen molar-refractivity contribution in [2.75, 3.05) is 32.9 Å². The number of ether oxygens (including phenoxy) is 3. The summed E-state index contributed by atoms with van der Waals surface area (Å²) in [6.45, 7) is 9.27. The van der Waals surface area contributed by atoms with Crippen LogP contribution in [0.1, 0.15) is 35.3 Å². The van der Waals surface area contributed by atoms with Gasteiger partial charge in [0, 0.05) is 5.56 Å². The van der Waals surface area contributed by atoms with Gasteiger partial charge in [0.15, 0.2) is 11.5 Å². The van der Waals surface area contributed by atoms with Gasteiger partial charge in [0.2, 0.25) is 5.91 Å². The van der Waals surface area contributed by atoms with Crippen molar-refractivity contribution in [2.45, 2.75) is 27.7 Å². The minimum Gasteiger partial charge on any atom is -0.492 e. The second-order valence-corrected chi connectivity index (χ2v) is 6.73. The molecule has 2 aromatic carbocycles. The zero-order valence-corrected chi connectivity index (χ0v) is 18.0. The lowest BCUT2D eigenvalue weighted by molar-refractivity contribution is -0.120. The van der Waals surface area contributed by atoms with Crippen molar-refractivity contribution in [3.8, 4) is 17.2 Å². The van der Waals surface area contributed by atoms with Crippen molar-refractivity contribution in [3.05, 3.63) is 53.1 Å². The third-order valence-corrected chi connectivity index (χ3v) is 4.10. The number of rotatable bonds is 11. The number of aryl methyl sites for hydroxylation is 2. The molecule has 2 rings (SSSR count). The highest BCUT2D eigenvalue weighted by atomic mass is 16.5. The highest BCUT2D eigenvalue weighted by Crippen LogP contribution is 2.28. The van der Waals surface area contributed by atoms with Crippen LogP contribution in [0.4, 0.5) is 0 Å². The van der Waals surface area contributed by atoms with Gasteiger partial charge in [-0.3, -0.25) is 9.59 Å². The molecule has 2 N–H and O–H groups in total. The Hall–Kier alpha value is -3.22. The molecule has 0 unspecified atom stereocenters. The summed E-state index contributed by atoms with van der Waals surface area (Å²) in [7, 11) is 0. The maximum absolute atomic E-state index is 12.3. The van der Waals surface area contributed by atoms with E-state index in [1.807, 2.05) is 39.8 Å². The number of benzene rings is 2. The molecule has 0 spiro atoms. The second-order valence-electron chi connectivity index (χ2n) is 6.73. The molecular formula is C23H30N2O5. The Labute approximate surface area is 177 Å². The van der Waals surface area contributed by atoms with E-state index in [0.717, 1.165) is 16.9 Å². The molecule has 7 heteroatoms. The van der Waals surface area contributed by atoms with E-state index in [0.29, 0.717) is 43.4 Å². The molecule has 2 aromatic rings. The lowest BCUT2D eigenvalue weighted by Gasteiger charge is -2.12. The summed E-state index contributed by atoms with van der Waals surface area (Å²) in [6.07, 6.45) is 0. The summed E-state index contributed by atoms with van der Waals surface area (Å²) in [5.74, 6) is 1.21. The third kappa shape index (κ3) is 7.31. The predicted molar refractivity (Wildman–Crippen MR) is 116 cm³/mol. The first-order valence-electron chi connectivity index (χ1n) is 10.1. The molecule has 0 aliphatic carbocycles. The first-order valence-corrected chi connectivity index (χ1v) is 10.1. The molecule has 0 fully saturated rings.